The summed E-state index contributed by atoms with van der Waals surface area (Å²) in [4.78, 5) is 7.63. The summed E-state index contributed by atoms with van der Waals surface area (Å²) < 4.78 is 33.8. The van der Waals surface area contributed by atoms with Gasteiger partial charge in [-0.3, -0.25) is 4.98 Å². The Morgan fingerprint density at radius 2 is 2.00 bits per heavy atom. The van der Waals surface area contributed by atoms with Crippen LogP contribution in [-0.4, -0.2) is 17.1 Å². The quantitative estimate of drug-likeness (QED) is 0.717. The lowest BCUT2D eigenvalue weighted by molar-refractivity contribution is -0.279. The van der Waals surface area contributed by atoms with Gasteiger partial charge in [0.15, 0.2) is 0 Å². The van der Waals surface area contributed by atoms with E-state index in [2.05, 4.69) is 16.9 Å². The number of halogens is 2. The number of aromatic nitrogens is 2. The highest BCUT2D eigenvalue weighted by Crippen LogP contribution is 2.42. The Morgan fingerprint density at radius 3 is 2.67 bits per heavy atom. The Labute approximate surface area is 139 Å². The molecule has 1 aliphatic rings. The van der Waals surface area contributed by atoms with Gasteiger partial charge < -0.3 is 9.84 Å². The molecule has 2 atom stereocenters. The van der Waals surface area contributed by atoms with Crippen LogP contribution in [0.15, 0.2) is 18.2 Å². The second-order valence-corrected chi connectivity index (χ2v) is 6.66. The van der Waals surface area contributed by atoms with Gasteiger partial charge in [0.25, 0.3) is 5.92 Å². The fourth-order valence-electron chi connectivity index (χ4n) is 3.06. The molecule has 0 saturated heterocycles. The molecule has 0 amide bonds. The Morgan fingerprint density at radius 1 is 1.25 bits per heavy atom. The van der Waals surface area contributed by atoms with Crippen molar-refractivity contribution in [1.29, 1.82) is 0 Å². The lowest BCUT2D eigenvalue weighted by Gasteiger charge is -2.21. The van der Waals surface area contributed by atoms with Gasteiger partial charge in [0.2, 0.25) is 0 Å². The lowest BCUT2D eigenvalue weighted by Crippen LogP contribution is -2.19. The fourth-order valence-corrected chi connectivity index (χ4v) is 3.06. The standard InChI is InChI=1S/C18H22F2N2O2/c1-11-9-12(11)5-3-4-8-18(19,20)16-17(23)22-15-10-13(24-2)6-7-14(15)21-16/h6-7,10-12H,3-5,8-9H2,1-2H3,(H,22,23)/p-1/t11?,12-/m1/s1. The van der Waals surface area contributed by atoms with Crippen LogP contribution in [-0.2, 0) is 5.92 Å². The van der Waals surface area contributed by atoms with Crippen LogP contribution in [0.25, 0.3) is 11.0 Å². The summed E-state index contributed by atoms with van der Waals surface area (Å²) in [7, 11) is 1.48. The van der Waals surface area contributed by atoms with Crippen LogP contribution in [0.3, 0.4) is 0 Å². The minimum atomic E-state index is -3.24. The average Bonchev–Trinajstić information content (AvgIpc) is 3.25. The number of ether oxygens (including phenoxy) is 1. The highest BCUT2D eigenvalue weighted by molar-refractivity contribution is 5.76. The topological polar surface area (TPSA) is 58.1 Å². The van der Waals surface area contributed by atoms with E-state index in [0.29, 0.717) is 18.1 Å². The van der Waals surface area contributed by atoms with Crippen LogP contribution in [0, 0.1) is 11.8 Å². The molecule has 0 N–H and O–H groups in total. The summed E-state index contributed by atoms with van der Waals surface area (Å²) >= 11 is 0. The minimum Gasteiger partial charge on any atom is -0.857 e. The van der Waals surface area contributed by atoms with Crippen molar-refractivity contribution in [3.8, 4) is 11.6 Å². The number of methoxy groups -OCH3 is 1. The van der Waals surface area contributed by atoms with E-state index in [-0.39, 0.29) is 17.5 Å². The summed E-state index contributed by atoms with van der Waals surface area (Å²) in [5.41, 5.74) is -0.210. The van der Waals surface area contributed by atoms with E-state index in [1.807, 2.05) is 0 Å². The Balaban J connectivity index is 1.72. The van der Waals surface area contributed by atoms with E-state index < -0.39 is 17.5 Å². The molecule has 1 saturated carbocycles. The maximum Gasteiger partial charge on any atom is 0.290 e. The summed E-state index contributed by atoms with van der Waals surface area (Å²) in [5.74, 6) is -2.26. The van der Waals surface area contributed by atoms with Gasteiger partial charge in [-0.2, -0.15) is 8.78 Å². The molecule has 0 radical (unpaired) electrons. The molecule has 2 aromatic rings. The van der Waals surface area contributed by atoms with Crippen LogP contribution in [0.2, 0.25) is 0 Å². The zero-order valence-electron chi connectivity index (χ0n) is 13.9. The van der Waals surface area contributed by atoms with Crippen LogP contribution < -0.4 is 9.84 Å². The van der Waals surface area contributed by atoms with Gasteiger partial charge in [0.1, 0.15) is 11.4 Å². The average molecular weight is 335 g/mol. The lowest BCUT2D eigenvalue weighted by atomic mass is 10.0. The first-order chi connectivity index (χ1) is 11.4. The molecular weight excluding hydrogens is 314 g/mol. The predicted octanol–water partition coefficient (Wildman–Crippen LogP) is 4.02. The van der Waals surface area contributed by atoms with Crippen molar-refractivity contribution in [3.05, 3.63) is 23.9 Å². The number of unbranched alkanes of at least 4 members (excludes halogenated alkanes) is 1. The normalized spacial score (nSPS) is 20.3. The molecule has 1 aromatic heterocycles. The Bertz CT molecular complexity index is 736. The monoisotopic (exact) mass is 335 g/mol. The highest BCUT2D eigenvalue weighted by Gasteiger charge is 2.35. The SMILES string of the molecule is COc1ccc2nc(C(F)(F)CCCC[C@@H]3CC3C)c([O-])nc2c1. The first-order valence-electron chi connectivity index (χ1n) is 8.32. The van der Waals surface area contributed by atoms with Crippen molar-refractivity contribution < 1.29 is 18.6 Å². The van der Waals surface area contributed by atoms with Crippen LogP contribution in [0.4, 0.5) is 8.78 Å². The van der Waals surface area contributed by atoms with Gasteiger partial charge in [-0.15, -0.1) is 0 Å². The van der Waals surface area contributed by atoms with E-state index >= 15 is 0 Å². The van der Waals surface area contributed by atoms with E-state index in [1.54, 1.807) is 6.07 Å². The molecule has 6 heteroatoms. The van der Waals surface area contributed by atoms with Gasteiger partial charge in [-0.05, 0) is 36.8 Å². The molecular formula is C18H21F2N2O2-. The number of hydrogen-bond donors (Lipinski definition) is 0. The first-order valence-corrected chi connectivity index (χ1v) is 8.32. The molecule has 1 unspecified atom stereocenters. The number of rotatable bonds is 7. The third-order valence-electron chi connectivity index (χ3n) is 4.78. The van der Waals surface area contributed by atoms with Crippen LogP contribution in [0.5, 0.6) is 11.6 Å². The number of alkyl halides is 2. The summed E-state index contributed by atoms with van der Waals surface area (Å²) in [6.45, 7) is 2.18. The number of hydrogen-bond acceptors (Lipinski definition) is 4. The molecule has 1 fully saturated rings. The number of nitrogens with zero attached hydrogens (tertiary/aromatic N) is 2. The molecule has 0 spiro atoms. The second-order valence-electron chi connectivity index (χ2n) is 6.66. The van der Waals surface area contributed by atoms with E-state index in [9.17, 15) is 13.9 Å². The summed E-state index contributed by atoms with van der Waals surface area (Å²) in [6, 6.07) is 4.66. The smallest absolute Gasteiger partial charge is 0.290 e. The van der Waals surface area contributed by atoms with Gasteiger partial charge in [-0.1, -0.05) is 19.8 Å². The Kier molecular flexibility index (Phi) is 4.56. The van der Waals surface area contributed by atoms with Crippen molar-refractivity contribution in [2.75, 3.05) is 7.11 Å². The fraction of sp³-hybridized carbons (Fsp3) is 0.556. The second kappa shape index (κ2) is 6.49. The van der Waals surface area contributed by atoms with E-state index in [0.717, 1.165) is 18.8 Å². The van der Waals surface area contributed by atoms with Crippen molar-refractivity contribution in [2.24, 2.45) is 11.8 Å². The largest absolute Gasteiger partial charge is 0.857 e. The predicted molar refractivity (Wildman–Crippen MR) is 85.2 cm³/mol. The molecule has 24 heavy (non-hydrogen) atoms. The molecule has 1 aromatic carbocycles. The van der Waals surface area contributed by atoms with Crippen molar-refractivity contribution in [1.82, 2.24) is 9.97 Å². The molecule has 130 valence electrons. The third kappa shape index (κ3) is 3.57. The van der Waals surface area contributed by atoms with Crippen molar-refractivity contribution in [3.63, 3.8) is 0 Å². The molecule has 0 aliphatic heterocycles. The number of fused-ring (bicyclic) bond motifs is 1. The minimum absolute atomic E-state index is 0.265. The van der Waals surface area contributed by atoms with Gasteiger partial charge >= 0.3 is 0 Å². The molecule has 1 heterocycles. The maximum atomic E-state index is 14.4. The molecule has 0 bridgehead atoms. The van der Waals surface area contributed by atoms with E-state index in [1.165, 1.54) is 25.7 Å². The van der Waals surface area contributed by atoms with Crippen molar-refractivity contribution >= 4 is 11.0 Å². The molecule has 4 nitrogen and oxygen atoms in total. The highest BCUT2D eigenvalue weighted by atomic mass is 19.3. The zero-order chi connectivity index (χ0) is 17.3. The zero-order valence-corrected chi connectivity index (χ0v) is 13.9. The van der Waals surface area contributed by atoms with Gasteiger partial charge in [-0.25, -0.2) is 4.98 Å². The number of benzene rings is 1. The van der Waals surface area contributed by atoms with Crippen LogP contribution in [0.1, 0.15) is 44.7 Å². The Hall–Kier alpha value is -1.98. The van der Waals surface area contributed by atoms with Crippen molar-refractivity contribution in [2.45, 2.75) is 45.0 Å². The van der Waals surface area contributed by atoms with Crippen LogP contribution >= 0.6 is 0 Å². The first kappa shape index (κ1) is 16.9. The molecule has 1 aliphatic carbocycles. The molecule has 3 rings (SSSR count). The summed E-state index contributed by atoms with van der Waals surface area (Å²) in [5, 5.41) is 12.0. The third-order valence-corrected chi connectivity index (χ3v) is 4.78. The van der Waals surface area contributed by atoms with Gasteiger partial charge in [0, 0.05) is 18.4 Å². The summed E-state index contributed by atoms with van der Waals surface area (Å²) in [6.07, 6.45) is 2.99. The maximum absolute atomic E-state index is 14.4. The van der Waals surface area contributed by atoms with Gasteiger partial charge in [0.05, 0.1) is 18.1 Å². The van der Waals surface area contributed by atoms with E-state index in [4.69, 9.17) is 4.74 Å².